The van der Waals surface area contributed by atoms with Crippen LogP contribution in [0.3, 0.4) is 0 Å². The summed E-state index contributed by atoms with van der Waals surface area (Å²) in [5, 5.41) is 0.634. The number of anilines is 1. The van der Waals surface area contributed by atoms with Gasteiger partial charge in [0.05, 0.1) is 7.11 Å². The van der Waals surface area contributed by atoms with Gasteiger partial charge >= 0.3 is 0 Å². The van der Waals surface area contributed by atoms with Crippen LogP contribution in [-0.2, 0) is 0 Å². The molecule has 0 bridgehead atoms. The number of pyridine rings is 1. The van der Waals surface area contributed by atoms with E-state index in [1.54, 1.807) is 43.8 Å². The van der Waals surface area contributed by atoms with E-state index in [2.05, 4.69) is 4.98 Å². The van der Waals surface area contributed by atoms with Crippen LogP contribution in [0.15, 0.2) is 36.7 Å². The summed E-state index contributed by atoms with van der Waals surface area (Å²) in [4.78, 5) is 4.06. The number of halogens is 1. The molecule has 4 heteroatoms. The Morgan fingerprint density at radius 3 is 2.81 bits per heavy atom. The van der Waals surface area contributed by atoms with Crippen LogP contribution in [-0.4, -0.2) is 12.1 Å². The molecular formula is C12H11ClN2O. The molecular weight excluding hydrogens is 224 g/mol. The molecule has 1 heterocycles. The summed E-state index contributed by atoms with van der Waals surface area (Å²) in [7, 11) is 1.61. The third-order valence-corrected chi connectivity index (χ3v) is 2.54. The molecule has 0 spiro atoms. The minimum Gasteiger partial charge on any atom is -0.496 e. The third-order valence-electron chi connectivity index (χ3n) is 2.31. The molecule has 0 saturated heterocycles. The highest BCUT2D eigenvalue weighted by Gasteiger charge is 2.09. The van der Waals surface area contributed by atoms with Crippen molar-refractivity contribution in [2.45, 2.75) is 0 Å². The quantitative estimate of drug-likeness (QED) is 0.813. The Labute approximate surface area is 98.8 Å². The maximum atomic E-state index is 5.95. The van der Waals surface area contributed by atoms with Gasteiger partial charge in [-0.1, -0.05) is 11.6 Å². The maximum Gasteiger partial charge on any atom is 0.129 e. The van der Waals surface area contributed by atoms with Gasteiger partial charge in [0.1, 0.15) is 5.75 Å². The van der Waals surface area contributed by atoms with Crippen molar-refractivity contribution >= 4 is 17.3 Å². The first-order chi connectivity index (χ1) is 7.72. The molecule has 3 nitrogen and oxygen atoms in total. The molecule has 2 N–H and O–H groups in total. The number of hydrogen-bond acceptors (Lipinski definition) is 3. The lowest BCUT2D eigenvalue weighted by Crippen LogP contribution is -1.93. The van der Waals surface area contributed by atoms with Gasteiger partial charge in [0.2, 0.25) is 0 Å². The van der Waals surface area contributed by atoms with Crippen molar-refractivity contribution < 1.29 is 4.74 Å². The fourth-order valence-corrected chi connectivity index (χ4v) is 1.70. The van der Waals surface area contributed by atoms with Crippen LogP contribution < -0.4 is 10.5 Å². The first-order valence-electron chi connectivity index (χ1n) is 4.76. The number of nitrogens with zero attached hydrogens (tertiary/aromatic N) is 1. The van der Waals surface area contributed by atoms with E-state index in [1.807, 2.05) is 0 Å². The highest BCUT2D eigenvalue weighted by atomic mass is 35.5. The summed E-state index contributed by atoms with van der Waals surface area (Å²) in [5.74, 6) is 0.726. The molecule has 2 aromatic rings. The maximum absolute atomic E-state index is 5.95. The number of rotatable bonds is 2. The zero-order valence-corrected chi connectivity index (χ0v) is 9.53. The summed E-state index contributed by atoms with van der Waals surface area (Å²) in [5.41, 5.74) is 8.22. The van der Waals surface area contributed by atoms with Gasteiger partial charge in [-0.05, 0) is 24.3 Å². The van der Waals surface area contributed by atoms with Crippen molar-refractivity contribution in [3.8, 4) is 16.9 Å². The summed E-state index contributed by atoms with van der Waals surface area (Å²) in [6.45, 7) is 0. The van der Waals surface area contributed by atoms with Gasteiger partial charge in [0, 0.05) is 34.2 Å². The predicted molar refractivity (Wildman–Crippen MR) is 65.6 cm³/mol. The van der Waals surface area contributed by atoms with Crippen LogP contribution in [0.1, 0.15) is 0 Å². The van der Waals surface area contributed by atoms with Crippen LogP contribution in [0.4, 0.5) is 5.69 Å². The molecule has 0 radical (unpaired) electrons. The lowest BCUT2D eigenvalue weighted by molar-refractivity contribution is 0.416. The Kier molecular flexibility index (Phi) is 2.97. The Hall–Kier alpha value is -1.74. The molecule has 1 aromatic heterocycles. The molecule has 82 valence electrons. The lowest BCUT2D eigenvalue weighted by Gasteiger charge is -2.10. The summed E-state index contributed by atoms with van der Waals surface area (Å²) in [6, 6.07) is 7.11. The van der Waals surface area contributed by atoms with Crippen LogP contribution in [0, 0.1) is 0 Å². The monoisotopic (exact) mass is 234 g/mol. The minimum atomic E-state index is 0.634. The molecule has 16 heavy (non-hydrogen) atoms. The standard InChI is InChI=1S/C12H11ClN2O/c1-16-12-4-5-15-7-10(12)9-6-8(13)2-3-11(9)14/h2-7H,14H2,1H3. The average molecular weight is 235 g/mol. The topological polar surface area (TPSA) is 48.1 Å². The normalized spacial score (nSPS) is 10.1. The Morgan fingerprint density at radius 2 is 2.06 bits per heavy atom. The Bertz CT molecular complexity index is 514. The van der Waals surface area contributed by atoms with E-state index in [0.717, 1.165) is 16.9 Å². The third kappa shape index (κ3) is 1.95. The Morgan fingerprint density at radius 1 is 1.25 bits per heavy atom. The fraction of sp³-hybridized carbons (Fsp3) is 0.0833. The molecule has 2 rings (SSSR count). The smallest absolute Gasteiger partial charge is 0.129 e. The summed E-state index contributed by atoms with van der Waals surface area (Å²) >= 11 is 5.95. The van der Waals surface area contributed by atoms with E-state index in [0.29, 0.717) is 10.7 Å². The van der Waals surface area contributed by atoms with Gasteiger partial charge in [-0.2, -0.15) is 0 Å². The fourth-order valence-electron chi connectivity index (χ4n) is 1.52. The van der Waals surface area contributed by atoms with E-state index in [9.17, 15) is 0 Å². The van der Waals surface area contributed by atoms with Gasteiger partial charge in [0.15, 0.2) is 0 Å². The number of benzene rings is 1. The van der Waals surface area contributed by atoms with Gasteiger partial charge < -0.3 is 10.5 Å². The Balaban J connectivity index is 2.62. The first kappa shape index (κ1) is 10.8. The molecule has 0 aliphatic carbocycles. The molecule has 0 unspecified atom stereocenters. The second-order valence-electron chi connectivity index (χ2n) is 3.31. The van der Waals surface area contributed by atoms with Gasteiger partial charge in [-0.25, -0.2) is 0 Å². The SMILES string of the molecule is COc1ccncc1-c1cc(Cl)ccc1N. The molecule has 1 aromatic carbocycles. The van der Waals surface area contributed by atoms with Crippen molar-refractivity contribution in [2.75, 3.05) is 12.8 Å². The number of aromatic nitrogens is 1. The van der Waals surface area contributed by atoms with Crippen molar-refractivity contribution in [3.05, 3.63) is 41.7 Å². The van der Waals surface area contributed by atoms with Crippen LogP contribution in [0.25, 0.3) is 11.1 Å². The van der Waals surface area contributed by atoms with Crippen molar-refractivity contribution in [1.29, 1.82) is 0 Å². The number of nitrogen functional groups attached to an aromatic ring is 1. The average Bonchev–Trinajstić information content (AvgIpc) is 2.32. The predicted octanol–water partition coefficient (Wildman–Crippen LogP) is 2.99. The van der Waals surface area contributed by atoms with Crippen molar-refractivity contribution in [3.63, 3.8) is 0 Å². The van der Waals surface area contributed by atoms with E-state index >= 15 is 0 Å². The lowest BCUT2D eigenvalue weighted by atomic mass is 10.1. The minimum absolute atomic E-state index is 0.634. The molecule has 0 aliphatic heterocycles. The first-order valence-corrected chi connectivity index (χ1v) is 5.13. The molecule has 0 fully saturated rings. The van der Waals surface area contributed by atoms with Crippen LogP contribution >= 0.6 is 11.6 Å². The van der Waals surface area contributed by atoms with Gasteiger partial charge in [-0.3, -0.25) is 4.98 Å². The number of nitrogens with two attached hydrogens (primary N) is 1. The zero-order chi connectivity index (χ0) is 11.5. The van der Waals surface area contributed by atoms with Crippen LogP contribution in [0.2, 0.25) is 5.02 Å². The molecule has 0 aliphatic rings. The van der Waals surface area contributed by atoms with Crippen molar-refractivity contribution in [1.82, 2.24) is 4.98 Å². The number of methoxy groups -OCH3 is 1. The number of hydrogen-bond donors (Lipinski definition) is 1. The van der Waals surface area contributed by atoms with E-state index in [1.165, 1.54) is 0 Å². The van der Waals surface area contributed by atoms with Crippen molar-refractivity contribution in [2.24, 2.45) is 0 Å². The highest BCUT2D eigenvalue weighted by molar-refractivity contribution is 6.31. The van der Waals surface area contributed by atoms with Gasteiger partial charge in [-0.15, -0.1) is 0 Å². The zero-order valence-electron chi connectivity index (χ0n) is 8.77. The second-order valence-corrected chi connectivity index (χ2v) is 3.74. The van der Waals surface area contributed by atoms with E-state index in [4.69, 9.17) is 22.1 Å². The van der Waals surface area contributed by atoms with Crippen LogP contribution in [0.5, 0.6) is 5.75 Å². The van der Waals surface area contributed by atoms with E-state index < -0.39 is 0 Å². The second kappa shape index (κ2) is 4.41. The molecule has 0 atom stereocenters. The van der Waals surface area contributed by atoms with E-state index in [-0.39, 0.29) is 0 Å². The number of ether oxygens (including phenoxy) is 1. The van der Waals surface area contributed by atoms with Gasteiger partial charge in [0.25, 0.3) is 0 Å². The largest absolute Gasteiger partial charge is 0.496 e. The molecule has 0 amide bonds. The highest BCUT2D eigenvalue weighted by Crippen LogP contribution is 2.34. The summed E-state index contributed by atoms with van der Waals surface area (Å²) in [6.07, 6.45) is 3.38. The molecule has 0 saturated carbocycles. The summed E-state index contributed by atoms with van der Waals surface area (Å²) < 4.78 is 5.26.